The summed E-state index contributed by atoms with van der Waals surface area (Å²) in [5.74, 6) is -2.67. The molecule has 0 spiro atoms. The summed E-state index contributed by atoms with van der Waals surface area (Å²) in [5, 5.41) is 7.66. The third-order valence-electron chi connectivity index (χ3n) is 7.59. The van der Waals surface area contributed by atoms with Gasteiger partial charge in [0.1, 0.15) is 17.8 Å². The van der Waals surface area contributed by atoms with Crippen molar-refractivity contribution in [3.05, 3.63) is 58.1 Å². The molecule has 14 heteroatoms. The molecular weight excluding hydrogens is 613 g/mol. The van der Waals surface area contributed by atoms with Crippen LogP contribution in [0.5, 0.6) is 5.75 Å². The van der Waals surface area contributed by atoms with Gasteiger partial charge in [0.2, 0.25) is 5.91 Å². The highest BCUT2D eigenvalue weighted by Gasteiger charge is 2.52. The van der Waals surface area contributed by atoms with Crippen LogP contribution in [0.4, 0.5) is 27.6 Å². The number of rotatable bonds is 13. The predicted molar refractivity (Wildman–Crippen MR) is 154 cm³/mol. The third-order valence-corrected chi connectivity index (χ3v) is 7.92. The molecule has 1 fully saturated rings. The molecule has 0 aromatic heterocycles. The first-order valence-electron chi connectivity index (χ1n) is 13.9. The van der Waals surface area contributed by atoms with Crippen LogP contribution in [0.2, 0.25) is 5.02 Å². The molecule has 0 aliphatic heterocycles. The molecule has 242 valence electrons. The van der Waals surface area contributed by atoms with Gasteiger partial charge in [0.15, 0.2) is 0 Å². The van der Waals surface area contributed by atoms with Gasteiger partial charge in [0.25, 0.3) is 18.2 Å². The van der Waals surface area contributed by atoms with Crippen LogP contribution in [-0.4, -0.2) is 57.2 Å². The Morgan fingerprint density at radius 2 is 1.66 bits per heavy atom. The third kappa shape index (κ3) is 8.81. The lowest BCUT2D eigenvalue weighted by Gasteiger charge is -2.28. The normalized spacial score (nSPS) is 14.8. The standard InChI is InChI=1S/C30H35ClF5N3O5/c1-28(2,30(34,35)36)27(42)37-14-18-6-8-22(31)20(12-18)26(41)39-19-7-9-23(44-15-24(32)33)21(13-19)25(40)38-16-29(17-43-3)10-4-5-11-29/h6-9,12-13,24H,4-5,10-11,14-17H2,1-3H3,(H,37,42)(H,38,40)(H,39,41). The van der Waals surface area contributed by atoms with E-state index in [-0.39, 0.29) is 39.5 Å². The van der Waals surface area contributed by atoms with Gasteiger partial charge in [-0.1, -0.05) is 30.5 Å². The summed E-state index contributed by atoms with van der Waals surface area (Å²) in [6.07, 6.45) is -3.85. The van der Waals surface area contributed by atoms with Crippen LogP contribution in [0, 0.1) is 10.8 Å². The van der Waals surface area contributed by atoms with E-state index in [2.05, 4.69) is 16.0 Å². The Bertz CT molecular complexity index is 1350. The van der Waals surface area contributed by atoms with Gasteiger partial charge in [0, 0.05) is 31.3 Å². The average molecular weight is 648 g/mol. The molecular formula is C30H35ClF5N3O5. The van der Waals surface area contributed by atoms with Gasteiger partial charge in [-0.25, -0.2) is 8.78 Å². The van der Waals surface area contributed by atoms with Crippen LogP contribution in [0.25, 0.3) is 0 Å². The zero-order valence-electron chi connectivity index (χ0n) is 24.5. The van der Waals surface area contributed by atoms with Crippen molar-refractivity contribution in [3.8, 4) is 5.75 Å². The first kappa shape index (κ1) is 35.0. The number of methoxy groups -OCH3 is 1. The lowest BCUT2D eigenvalue weighted by molar-refractivity contribution is -0.211. The van der Waals surface area contributed by atoms with E-state index in [0.717, 1.165) is 39.5 Å². The Kier molecular flexibility index (Phi) is 11.6. The number of nitrogens with one attached hydrogen (secondary N) is 3. The molecule has 3 rings (SSSR count). The molecule has 1 saturated carbocycles. The first-order chi connectivity index (χ1) is 20.6. The number of alkyl halides is 5. The van der Waals surface area contributed by atoms with Crippen molar-refractivity contribution in [2.45, 2.75) is 58.7 Å². The maximum absolute atomic E-state index is 13.2. The molecule has 2 aromatic rings. The second-order valence-electron chi connectivity index (χ2n) is 11.3. The molecule has 3 N–H and O–H groups in total. The van der Waals surface area contributed by atoms with E-state index < -0.39 is 42.3 Å². The zero-order valence-corrected chi connectivity index (χ0v) is 25.3. The monoisotopic (exact) mass is 647 g/mol. The summed E-state index contributed by atoms with van der Waals surface area (Å²) in [6, 6.07) is 8.02. The Labute approximate surface area is 257 Å². The fourth-order valence-corrected chi connectivity index (χ4v) is 5.02. The number of hydrogen-bond acceptors (Lipinski definition) is 5. The first-order valence-corrected chi connectivity index (χ1v) is 14.2. The summed E-state index contributed by atoms with van der Waals surface area (Å²) in [5.41, 5.74) is -2.58. The molecule has 2 aromatic carbocycles. The second kappa shape index (κ2) is 14.6. The largest absolute Gasteiger partial charge is 0.487 e. The maximum Gasteiger partial charge on any atom is 0.402 e. The quantitative estimate of drug-likeness (QED) is 0.219. The average Bonchev–Trinajstić information content (AvgIpc) is 3.42. The van der Waals surface area contributed by atoms with Gasteiger partial charge in [-0.2, -0.15) is 13.2 Å². The van der Waals surface area contributed by atoms with Gasteiger partial charge in [-0.3, -0.25) is 14.4 Å². The lowest BCUT2D eigenvalue weighted by Crippen LogP contribution is -2.46. The number of hydrogen-bond donors (Lipinski definition) is 3. The molecule has 8 nitrogen and oxygen atoms in total. The van der Waals surface area contributed by atoms with E-state index in [1.165, 1.54) is 36.4 Å². The molecule has 1 aliphatic rings. The number of carbonyl (C=O) groups is 3. The van der Waals surface area contributed by atoms with Crippen LogP contribution in [-0.2, 0) is 16.1 Å². The Hall–Kier alpha value is -3.45. The number of benzene rings is 2. The SMILES string of the molecule is COCC1(CNC(=O)c2cc(NC(=O)c3cc(CNC(=O)C(C)(C)C(F)(F)F)ccc3Cl)ccc2OCC(F)F)CCCC1. The maximum atomic E-state index is 13.2. The second-order valence-corrected chi connectivity index (χ2v) is 11.7. The summed E-state index contributed by atoms with van der Waals surface area (Å²) >= 11 is 6.21. The summed E-state index contributed by atoms with van der Waals surface area (Å²) in [4.78, 5) is 38.5. The Balaban J connectivity index is 1.78. The molecule has 0 bridgehead atoms. The minimum absolute atomic E-state index is 0.0167. The highest BCUT2D eigenvalue weighted by molar-refractivity contribution is 6.34. The van der Waals surface area contributed by atoms with Crippen molar-refractivity contribution in [1.29, 1.82) is 0 Å². The molecule has 0 atom stereocenters. The van der Waals surface area contributed by atoms with Crippen molar-refractivity contribution in [3.63, 3.8) is 0 Å². The fraction of sp³-hybridized carbons (Fsp3) is 0.500. The molecule has 1 aliphatic carbocycles. The van der Waals surface area contributed by atoms with Crippen LogP contribution in [0.3, 0.4) is 0 Å². The van der Waals surface area contributed by atoms with Crippen molar-refractivity contribution >= 4 is 35.0 Å². The number of ether oxygens (including phenoxy) is 2. The van der Waals surface area contributed by atoms with E-state index in [1.807, 2.05) is 0 Å². The van der Waals surface area contributed by atoms with E-state index >= 15 is 0 Å². The predicted octanol–water partition coefficient (Wildman–Crippen LogP) is 6.38. The van der Waals surface area contributed by atoms with Crippen LogP contribution < -0.4 is 20.7 Å². The summed E-state index contributed by atoms with van der Waals surface area (Å²) in [7, 11) is 1.58. The Morgan fingerprint density at radius 1 is 0.977 bits per heavy atom. The van der Waals surface area contributed by atoms with Crippen LogP contribution in [0.1, 0.15) is 65.8 Å². The van der Waals surface area contributed by atoms with E-state index in [9.17, 15) is 36.3 Å². The van der Waals surface area contributed by atoms with E-state index in [0.29, 0.717) is 18.7 Å². The van der Waals surface area contributed by atoms with E-state index in [1.54, 1.807) is 7.11 Å². The zero-order chi connectivity index (χ0) is 32.7. The highest BCUT2D eigenvalue weighted by Crippen LogP contribution is 2.39. The van der Waals surface area contributed by atoms with E-state index in [4.69, 9.17) is 21.1 Å². The van der Waals surface area contributed by atoms with Gasteiger partial charge < -0.3 is 25.4 Å². The molecule has 3 amide bonds. The summed E-state index contributed by atoms with van der Waals surface area (Å²) < 4.78 is 75.8. The highest BCUT2D eigenvalue weighted by atomic mass is 35.5. The topological polar surface area (TPSA) is 106 Å². The van der Waals surface area contributed by atoms with Crippen molar-refractivity contribution in [2.24, 2.45) is 10.8 Å². The Morgan fingerprint density at radius 3 is 2.27 bits per heavy atom. The molecule has 0 radical (unpaired) electrons. The molecule has 0 unspecified atom stereocenters. The van der Waals surface area contributed by atoms with Gasteiger partial charge in [0.05, 0.1) is 22.8 Å². The van der Waals surface area contributed by atoms with Gasteiger partial charge >= 0.3 is 6.18 Å². The fourth-order valence-electron chi connectivity index (χ4n) is 4.82. The van der Waals surface area contributed by atoms with Gasteiger partial charge in [-0.05, 0) is 62.6 Å². The van der Waals surface area contributed by atoms with Crippen LogP contribution in [0.15, 0.2) is 36.4 Å². The van der Waals surface area contributed by atoms with Crippen molar-refractivity contribution in [1.82, 2.24) is 10.6 Å². The minimum Gasteiger partial charge on any atom is -0.487 e. The number of anilines is 1. The minimum atomic E-state index is -4.76. The van der Waals surface area contributed by atoms with Gasteiger partial charge in [-0.15, -0.1) is 0 Å². The lowest BCUT2D eigenvalue weighted by atomic mass is 9.87. The van der Waals surface area contributed by atoms with Crippen molar-refractivity contribution < 1.29 is 45.8 Å². The molecule has 0 heterocycles. The van der Waals surface area contributed by atoms with Crippen molar-refractivity contribution in [2.75, 3.05) is 32.2 Å². The smallest absolute Gasteiger partial charge is 0.402 e. The van der Waals surface area contributed by atoms with Crippen LogP contribution >= 0.6 is 11.6 Å². The number of carbonyl (C=O) groups excluding carboxylic acids is 3. The number of halogens is 6. The number of amides is 3. The molecule has 0 saturated heterocycles. The molecule has 44 heavy (non-hydrogen) atoms. The summed E-state index contributed by atoms with van der Waals surface area (Å²) in [6.45, 7) is 1.01.